The van der Waals surface area contributed by atoms with Gasteiger partial charge in [-0.1, -0.05) is 44.2 Å². The van der Waals surface area contributed by atoms with Gasteiger partial charge < -0.3 is 10.1 Å². The van der Waals surface area contributed by atoms with Gasteiger partial charge in [0.25, 0.3) is 0 Å². The fraction of sp³-hybridized carbons (Fsp3) is 0.368. The van der Waals surface area contributed by atoms with Crippen LogP contribution in [0.1, 0.15) is 43.7 Å². The van der Waals surface area contributed by atoms with Crippen molar-refractivity contribution in [3.63, 3.8) is 0 Å². The molecule has 0 aliphatic heterocycles. The maximum atomic E-state index is 6.06. The lowest BCUT2D eigenvalue weighted by Gasteiger charge is -2.12. The number of benzene rings is 2. The Morgan fingerprint density at radius 3 is 2.43 bits per heavy atom. The van der Waals surface area contributed by atoms with E-state index in [1.165, 1.54) is 24.0 Å². The summed E-state index contributed by atoms with van der Waals surface area (Å²) in [5.41, 5.74) is 2.56. The monoisotopic (exact) mass is 281 g/mol. The zero-order valence-electron chi connectivity index (χ0n) is 12.8. The Morgan fingerprint density at radius 1 is 1.05 bits per heavy atom. The minimum Gasteiger partial charge on any atom is -0.457 e. The van der Waals surface area contributed by atoms with Crippen LogP contribution in [0.2, 0.25) is 0 Å². The lowest BCUT2D eigenvalue weighted by atomic mass is 10.0. The standard InChI is InChI=1S/C19H23NO/c1-14(2)15-7-11-18(12-8-15)21-19-6-4-3-5-16(19)13-20-17-9-10-17/h3-8,11-12,14,17,20H,9-10,13H2,1-2H3. The molecule has 110 valence electrons. The number of rotatable bonds is 6. The van der Waals surface area contributed by atoms with Gasteiger partial charge in [0, 0.05) is 18.2 Å². The van der Waals surface area contributed by atoms with E-state index in [0.717, 1.165) is 18.0 Å². The third-order valence-corrected chi connectivity index (χ3v) is 3.91. The van der Waals surface area contributed by atoms with Crippen LogP contribution in [0, 0.1) is 0 Å². The van der Waals surface area contributed by atoms with Crippen LogP contribution in [0.15, 0.2) is 48.5 Å². The van der Waals surface area contributed by atoms with Gasteiger partial charge in [-0.3, -0.25) is 0 Å². The molecule has 21 heavy (non-hydrogen) atoms. The topological polar surface area (TPSA) is 21.3 Å². The van der Waals surface area contributed by atoms with Crippen molar-refractivity contribution in [3.05, 3.63) is 59.7 Å². The van der Waals surface area contributed by atoms with E-state index in [1.54, 1.807) is 0 Å². The molecule has 0 spiro atoms. The molecule has 0 saturated heterocycles. The zero-order valence-corrected chi connectivity index (χ0v) is 12.8. The maximum absolute atomic E-state index is 6.06. The molecular weight excluding hydrogens is 258 g/mol. The summed E-state index contributed by atoms with van der Waals surface area (Å²) in [6, 6.07) is 17.4. The van der Waals surface area contributed by atoms with E-state index in [1.807, 2.05) is 12.1 Å². The highest BCUT2D eigenvalue weighted by Gasteiger charge is 2.20. The van der Waals surface area contributed by atoms with Crippen LogP contribution in [0.5, 0.6) is 11.5 Å². The molecule has 1 saturated carbocycles. The maximum Gasteiger partial charge on any atom is 0.131 e. The average molecular weight is 281 g/mol. The van der Waals surface area contributed by atoms with Crippen molar-refractivity contribution in [2.75, 3.05) is 0 Å². The quantitative estimate of drug-likeness (QED) is 0.817. The van der Waals surface area contributed by atoms with Crippen molar-refractivity contribution in [2.45, 2.75) is 45.2 Å². The van der Waals surface area contributed by atoms with Crippen molar-refractivity contribution in [1.82, 2.24) is 5.32 Å². The van der Waals surface area contributed by atoms with Gasteiger partial charge in [-0.25, -0.2) is 0 Å². The highest BCUT2D eigenvalue weighted by atomic mass is 16.5. The summed E-state index contributed by atoms with van der Waals surface area (Å²) in [7, 11) is 0. The molecule has 1 aliphatic carbocycles. The molecule has 0 radical (unpaired) electrons. The van der Waals surface area contributed by atoms with Gasteiger partial charge in [-0.2, -0.15) is 0 Å². The summed E-state index contributed by atoms with van der Waals surface area (Å²) < 4.78 is 6.06. The van der Waals surface area contributed by atoms with E-state index < -0.39 is 0 Å². The molecule has 2 heteroatoms. The van der Waals surface area contributed by atoms with Gasteiger partial charge >= 0.3 is 0 Å². The van der Waals surface area contributed by atoms with Crippen molar-refractivity contribution < 1.29 is 4.74 Å². The van der Waals surface area contributed by atoms with E-state index in [9.17, 15) is 0 Å². The van der Waals surface area contributed by atoms with Crippen molar-refractivity contribution in [1.29, 1.82) is 0 Å². The van der Waals surface area contributed by atoms with Crippen LogP contribution in [0.3, 0.4) is 0 Å². The third-order valence-electron chi connectivity index (χ3n) is 3.91. The summed E-state index contributed by atoms with van der Waals surface area (Å²) in [4.78, 5) is 0. The molecule has 1 fully saturated rings. The smallest absolute Gasteiger partial charge is 0.131 e. The minimum absolute atomic E-state index is 0.550. The highest BCUT2D eigenvalue weighted by molar-refractivity contribution is 5.39. The molecule has 2 nitrogen and oxygen atoms in total. The number of para-hydroxylation sites is 1. The summed E-state index contributed by atoms with van der Waals surface area (Å²) in [5, 5.41) is 3.54. The van der Waals surface area contributed by atoms with Gasteiger partial charge in [-0.05, 0) is 42.5 Å². The van der Waals surface area contributed by atoms with E-state index >= 15 is 0 Å². The zero-order chi connectivity index (χ0) is 14.7. The first kappa shape index (κ1) is 14.2. The molecule has 1 N–H and O–H groups in total. The molecule has 1 aliphatic rings. The summed E-state index contributed by atoms with van der Waals surface area (Å²) in [6.45, 7) is 5.29. The predicted octanol–water partition coefficient (Wildman–Crippen LogP) is 4.85. The van der Waals surface area contributed by atoms with Crippen molar-refractivity contribution in [3.8, 4) is 11.5 Å². The Kier molecular flexibility index (Phi) is 4.26. The van der Waals surface area contributed by atoms with Gasteiger partial charge in [0.15, 0.2) is 0 Å². The number of hydrogen-bond donors (Lipinski definition) is 1. The summed E-state index contributed by atoms with van der Waals surface area (Å²) in [5.74, 6) is 2.40. The van der Waals surface area contributed by atoms with Gasteiger partial charge in [-0.15, -0.1) is 0 Å². The number of ether oxygens (including phenoxy) is 1. The Hall–Kier alpha value is -1.80. The summed E-state index contributed by atoms with van der Waals surface area (Å²) in [6.07, 6.45) is 2.61. The number of nitrogens with one attached hydrogen (secondary N) is 1. The van der Waals surface area contributed by atoms with E-state index in [0.29, 0.717) is 12.0 Å². The summed E-state index contributed by atoms with van der Waals surface area (Å²) >= 11 is 0. The predicted molar refractivity (Wildman–Crippen MR) is 86.9 cm³/mol. The fourth-order valence-electron chi connectivity index (χ4n) is 2.34. The molecule has 2 aromatic rings. The molecular formula is C19H23NO. The first-order valence-corrected chi connectivity index (χ1v) is 7.81. The lowest BCUT2D eigenvalue weighted by Crippen LogP contribution is -2.15. The normalized spacial score (nSPS) is 14.4. The van der Waals surface area contributed by atoms with Crippen LogP contribution >= 0.6 is 0 Å². The van der Waals surface area contributed by atoms with Gasteiger partial charge in [0.2, 0.25) is 0 Å². The Bertz CT molecular complexity index is 585. The molecule has 0 amide bonds. The first-order valence-electron chi connectivity index (χ1n) is 7.81. The van der Waals surface area contributed by atoms with Crippen LogP contribution in [0.4, 0.5) is 0 Å². The molecule has 0 atom stereocenters. The van der Waals surface area contributed by atoms with Crippen LogP contribution in [0.25, 0.3) is 0 Å². The van der Waals surface area contributed by atoms with Gasteiger partial charge in [0.1, 0.15) is 11.5 Å². The number of hydrogen-bond acceptors (Lipinski definition) is 2. The molecule has 0 heterocycles. The second kappa shape index (κ2) is 6.31. The second-order valence-corrected chi connectivity index (χ2v) is 6.09. The Morgan fingerprint density at radius 2 is 1.76 bits per heavy atom. The van der Waals surface area contributed by atoms with Crippen LogP contribution in [-0.4, -0.2) is 6.04 Å². The van der Waals surface area contributed by atoms with Crippen molar-refractivity contribution in [2.24, 2.45) is 0 Å². The average Bonchev–Trinajstić information content (AvgIpc) is 3.31. The molecule has 3 rings (SSSR count). The molecule has 2 aromatic carbocycles. The van der Waals surface area contributed by atoms with E-state index in [-0.39, 0.29) is 0 Å². The third kappa shape index (κ3) is 3.85. The van der Waals surface area contributed by atoms with Crippen molar-refractivity contribution >= 4 is 0 Å². The first-order chi connectivity index (χ1) is 10.2. The highest BCUT2D eigenvalue weighted by Crippen LogP contribution is 2.27. The largest absolute Gasteiger partial charge is 0.457 e. The van der Waals surface area contributed by atoms with Gasteiger partial charge in [0.05, 0.1) is 0 Å². The van der Waals surface area contributed by atoms with Crippen LogP contribution < -0.4 is 10.1 Å². The molecule has 0 bridgehead atoms. The lowest BCUT2D eigenvalue weighted by molar-refractivity contribution is 0.472. The fourth-order valence-corrected chi connectivity index (χ4v) is 2.34. The SMILES string of the molecule is CC(C)c1ccc(Oc2ccccc2CNC2CC2)cc1. The van der Waals surface area contributed by atoms with E-state index in [2.05, 4.69) is 55.6 Å². The van der Waals surface area contributed by atoms with E-state index in [4.69, 9.17) is 4.74 Å². The Balaban J connectivity index is 1.70. The second-order valence-electron chi connectivity index (χ2n) is 6.09. The molecule has 0 unspecified atom stereocenters. The Labute approximate surface area is 127 Å². The minimum atomic E-state index is 0.550. The van der Waals surface area contributed by atoms with Crippen LogP contribution in [-0.2, 0) is 6.54 Å². The molecule has 0 aromatic heterocycles.